The molecule has 0 aliphatic carbocycles. The number of hydrogen-bond acceptors (Lipinski definition) is 5. The van der Waals surface area contributed by atoms with Crippen molar-refractivity contribution < 1.29 is 0 Å². The van der Waals surface area contributed by atoms with E-state index in [1.54, 1.807) is 0 Å². The van der Waals surface area contributed by atoms with E-state index in [-0.39, 0.29) is 0 Å². The Balaban J connectivity index is 2.06. The van der Waals surface area contributed by atoms with Gasteiger partial charge in [0, 0.05) is 6.54 Å². The lowest BCUT2D eigenvalue weighted by atomic mass is 10.1. The fourth-order valence-corrected chi connectivity index (χ4v) is 2.81. The lowest BCUT2D eigenvalue weighted by Crippen LogP contribution is -2.27. The first kappa shape index (κ1) is 15.7. The lowest BCUT2D eigenvalue weighted by molar-refractivity contribution is 0.287. The third-order valence-corrected chi connectivity index (χ3v) is 4.50. The van der Waals surface area contributed by atoms with Crippen molar-refractivity contribution in [2.24, 2.45) is 0 Å². The van der Waals surface area contributed by atoms with E-state index in [0.29, 0.717) is 11.3 Å². The molecule has 0 saturated heterocycles. The first-order valence-corrected chi connectivity index (χ1v) is 8.16. The van der Waals surface area contributed by atoms with Gasteiger partial charge in [-0.05, 0) is 50.2 Å². The summed E-state index contributed by atoms with van der Waals surface area (Å²) in [5.74, 6) is 0.451. The molecule has 6 heteroatoms. The van der Waals surface area contributed by atoms with Gasteiger partial charge in [0.25, 0.3) is 0 Å². The summed E-state index contributed by atoms with van der Waals surface area (Å²) >= 11 is 0. The minimum Gasteiger partial charge on any atom is -0.380 e. The van der Waals surface area contributed by atoms with Gasteiger partial charge in [-0.25, -0.2) is 14.6 Å². The number of aromatic nitrogens is 4. The zero-order valence-electron chi connectivity index (χ0n) is 14.3. The minimum absolute atomic E-state index is 0.451. The lowest BCUT2D eigenvalue weighted by Gasteiger charge is -2.17. The summed E-state index contributed by atoms with van der Waals surface area (Å²) in [6, 6.07) is 4.14. The number of anilines is 1. The number of benzene rings is 1. The van der Waals surface area contributed by atoms with Crippen LogP contribution in [0.5, 0.6) is 0 Å². The molecule has 2 aromatic heterocycles. The summed E-state index contributed by atoms with van der Waals surface area (Å²) in [7, 11) is 0. The molecular formula is C17H24N6. The smallest absolute Gasteiger partial charge is 0.179 e. The quantitative estimate of drug-likeness (QED) is 0.783. The van der Waals surface area contributed by atoms with Gasteiger partial charge in [-0.3, -0.25) is 0 Å². The van der Waals surface area contributed by atoms with Crippen LogP contribution in [0.25, 0.3) is 22.2 Å². The summed E-state index contributed by atoms with van der Waals surface area (Å²) in [5, 5.41) is 4.44. The monoisotopic (exact) mass is 312 g/mol. The molecule has 2 heterocycles. The Bertz CT molecular complexity index is 847. The Morgan fingerprint density at radius 1 is 1.04 bits per heavy atom. The Hall–Kier alpha value is -2.21. The summed E-state index contributed by atoms with van der Waals surface area (Å²) in [6.07, 6.45) is 0. The van der Waals surface area contributed by atoms with E-state index < -0.39 is 0 Å². The predicted octanol–water partition coefficient (Wildman–Crippen LogP) is 2.52. The average Bonchev–Trinajstić information content (AvgIpc) is 2.83. The minimum atomic E-state index is 0.451. The van der Waals surface area contributed by atoms with Gasteiger partial charge in [-0.1, -0.05) is 13.8 Å². The maximum atomic E-state index is 6.06. The van der Waals surface area contributed by atoms with Crippen molar-refractivity contribution in [3.8, 4) is 0 Å². The number of nitrogens with two attached hydrogens (primary N) is 1. The second kappa shape index (κ2) is 6.12. The van der Waals surface area contributed by atoms with Crippen LogP contribution >= 0.6 is 0 Å². The van der Waals surface area contributed by atoms with Crippen molar-refractivity contribution in [2.75, 3.05) is 25.4 Å². The first-order valence-electron chi connectivity index (χ1n) is 8.16. The van der Waals surface area contributed by atoms with Crippen molar-refractivity contribution in [2.45, 2.75) is 34.2 Å². The van der Waals surface area contributed by atoms with E-state index in [9.17, 15) is 0 Å². The normalized spacial score (nSPS) is 11.9. The second-order valence-corrected chi connectivity index (χ2v) is 5.96. The maximum Gasteiger partial charge on any atom is 0.179 e. The number of fused-ring (bicyclic) bond motifs is 2. The number of rotatable bonds is 5. The van der Waals surface area contributed by atoms with Gasteiger partial charge in [0.1, 0.15) is 0 Å². The van der Waals surface area contributed by atoms with Gasteiger partial charge in [-0.2, -0.15) is 5.10 Å². The topological polar surface area (TPSA) is 72.9 Å². The molecule has 0 radical (unpaired) electrons. The molecule has 0 bridgehead atoms. The SMILES string of the molecule is CCN(CC)CCn1nc(N)c2nc3cc(C)c(C)cc3nc21. The molecule has 0 amide bonds. The second-order valence-electron chi connectivity index (χ2n) is 5.96. The highest BCUT2D eigenvalue weighted by Crippen LogP contribution is 2.22. The molecule has 0 atom stereocenters. The molecule has 0 fully saturated rings. The van der Waals surface area contributed by atoms with Gasteiger partial charge in [0.2, 0.25) is 0 Å². The number of likely N-dealkylation sites (N-methyl/N-ethyl adjacent to an activating group) is 1. The number of aryl methyl sites for hydroxylation is 2. The zero-order chi connectivity index (χ0) is 16.6. The Labute approximate surface area is 136 Å². The number of hydrogen-bond donors (Lipinski definition) is 1. The van der Waals surface area contributed by atoms with Crippen molar-refractivity contribution >= 4 is 28.0 Å². The van der Waals surface area contributed by atoms with Crippen LogP contribution in [0.2, 0.25) is 0 Å². The average molecular weight is 312 g/mol. The molecular weight excluding hydrogens is 288 g/mol. The van der Waals surface area contributed by atoms with Crippen molar-refractivity contribution in [3.05, 3.63) is 23.3 Å². The molecule has 0 saturated carbocycles. The first-order chi connectivity index (χ1) is 11.0. The molecule has 0 unspecified atom stereocenters. The molecule has 0 aliphatic heterocycles. The fraction of sp³-hybridized carbons (Fsp3) is 0.471. The highest BCUT2D eigenvalue weighted by molar-refractivity contribution is 5.90. The van der Waals surface area contributed by atoms with E-state index in [4.69, 9.17) is 10.7 Å². The molecule has 3 aromatic rings. The van der Waals surface area contributed by atoms with Gasteiger partial charge >= 0.3 is 0 Å². The molecule has 2 N–H and O–H groups in total. The van der Waals surface area contributed by atoms with Crippen molar-refractivity contribution in [1.29, 1.82) is 0 Å². The molecule has 0 aliphatic rings. The molecule has 3 rings (SSSR count). The Morgan fingerprint density at radius 3 is 2.26 bits per heavy atom. The van der Waals surface area contributed by atoms with Crippen LogP contribution in [0, 0.1) is 13.8 Å². The van der Waals surface area contributed by atoms with E-state index in [1.165, 1.54) is 11.1 Å². The number of nitrogens with zero attached hydrogens (tertiary/aromatic N) is 5. The molecule has 122 valence electrons. The molecule has 0 spiro atoms. The Kier molecular flexibility index (Phi) is 4.17. The van der Waals surface area contributed by atoms with Gasteiger partial charge in [0.15, 0.2) is 17.0 Å². The third-order valence-electron chi connectivity index (χ3n) is 4.50. The Morgan fingerprint density at radius 2 is 1.65 bits per heavy atom. The highest BCUT2D eigenvalue weighted by Gasteiger charge is 2.14. The van der Waals surface area contributed by atoms with Crippen LogP contribution in [-0.2, 0) is 6.54 Å². The van der Waals surface area contributed by atoms with Crippen LogP contribution in [0.4, 0.5) is 5.82 Å². The molecule has 1 aromatic carbocycles. The third kappa shape index (κ3) is 2.86. The van der Waals surface area contributed by atoms with E-state index in [2.05, 4.69) is 54.8 Å². The fourth-order valence-electron chi connectivity index (χ4n) is 2.81. The summed E-state index contributed by atoms with van der Waals surface area (Å²) < 4.78 is 1.88. The predicted molar refractivity (Wildman–Crippen MR) is 94.5 cm³/mol. The summed E-state index contributed by atoms with van der Waals surface area (Å²) in [5.41, 5.74) is 11.7. The van der Waals surface area contributed by atoms with Crippen LogP contribution in [0.1, 0.15) is 25.0 Å². The summed E-state index contributed by atoms with van der Waals surface area (Å²) in [4.78, 5) is 11.8. The molecule has 23 heavy (non-hydrogen) atoms. The molecule has 6 nitrogen and oxygen atoms in total. The highest BCUT2D eigenvalue weighted by atomic mass is 15.3. The van der Waals surface area contributed by atoms with Crippen molar-refractivity contribution in [3.63, 3.8) is 0 Å². The maximum absolute atomic E-state index is 6.06. The van der Waals surface area contributed by atoms with Crippen LogP contribution in [-0.4, -0.2) is 44.3 Å². The van der Waals surface area contributed by atoms with E-state index >= 15 is 0 Å². The van der Waals surface area contributed by atoms with Crippen LogP contribution in [0.3, 0.4) is 0 Å². The van der Waals surface area contributed by atoms with Crippen molar-refractivity contribution in [1.82, 2.24) is 24.6 Å². The van der Waals surface area contributed by atoms with E-state index in [1.807, 2.05) is 4.68 Å². The largest absolute Gasteiger partial charge is 0.380 e. The number of nitrogen functional groups attached to an aromatic ring is 1. The van der Waals surface area contributed by atoms with Gasteiger partial charge in [-0.15, -0.1) is 0 Å². The van der Waals surface area contributed by atoms with Gasteiger partial charge in [0.05, 0.1) is 17.6 Å². The van der Waals surface area contributed by atoms with Gasteiger partial charge < -0.3 is 10.6 Å². The van der Waals surface area contributed by atoms with Crippen LogP contribution < -0.4 is 5.73 Å². The zero-order valence-corrected chi connectivity index (χ0v) is 14.3. The standard InChI is InChI=1S/C17H24N6/c1-5-22(6-2)7-8-23-17-15(16(18)21-23)19-13-9-11(3)12(4)10-14(13)20-17/h9-10H,5-8H2,1-4H3,(H2,18,21). The summed E-state index contributed by atoms with van der Waals surface area (Å²) in [6.45, 7) is 12.2. The van der Waals surface area contributed by atoms with Crippen LogP contribution in [0.15, 0.2) is 12.1 Å². The van der Waals surface area contributed by atoms with E-state index in [0.717, 1.165) is 42.9 Å².